The zero-order valence-electron chi connectivity index (χ0n) is 21.4. The summed E-state index contributed by atoms with van der Waals surface area (Å²) in [6.45, 7) is 10.1. The van der Waals surface area contributed by atoms with Crippen molar-refractivity contribution in [3.05, 3.63) is 36.2 Å². The molecule has 7 aliphatic rings. The first kappa shape index (κ1) is 25.4. The first-order valence-electron chi connectivity index (χ1n) is 12.7. The lowest BCUT2D eigenvalue weighted by molar-refractivity contribution is -0.381. The van der Waals surface area contributed by atoms with Crippen molar-refractivity contribution in [3.8, 4) is 0 Å². The molecule has 1 aromatic heterocycles. The van der Waals surface area contributed by atoms with E-state index in [4.69, 9.17) is 18.5 Å². The van der Waals surface area contributed by atoms with Gasteiger partial charge in [0, 0.05) is 18.0 Å². The fraction of sp³-hybridized carbons (Fsp3) is 0.720. The van der Waals surface area contributed by atoms with E-state index in [1.807, 2.05) is 0 Å². The second-order valence-corrected chi connectivity index (χ2v) is 13.9. The summed E-state index contributed by atoms with van der Waals surface area (Å²) in [5.41, 5.74) is -15.1. The predicted octanol–water partition coefficient (Wildman–Crippen LogP) is 0.895. The van der Waals surface area contributed by atoms with Crippen LogP contribution in [0.5, 0.6) is 0 Å². The summed E-state index contributed by atoms with van der Waals surface area (Å²) in [6.07, 6.45) is -2.07. The predicted molar refractivity (Wildman–Crippen MR) is 126 cm³/mol. The van der Waals surface area contributed by atoms with E-state index in [1.165, 1.54) is 26.1 Å². The van der Waals surface area contributed by atoms with E-state index in [-0.39, 0.29) is 18.5 Å². The molecule has 208 valence electrons. The van der Waals surface area contributed by atoms with Crippen LogP contribution >= 0.6 is 7.82 Å². The molecule has 8 rings (SSSR count). The van der Waals surface area contributed by atoms with Gasteiger partial charge in [-0.25, -0.2) is 9.36 Å². The number of phosphoric acid groups is 1. The lowest BCUT2D eigenvalue weighted by Crippen LogP contribution is -2.76. The van der Waals surface area contributed by atoms with Gasteiger partial charge < -0.3 is 39.8 Å². The number of nitrogens with one attached hydrogen (secondary N) is 1. The van der Waals surface area contributed by atoms with E-state index in [0.717, 1.165) is 0 Å². The molecule has 0 radical (unpaired) electrons. The number of esters is 1. The number of hydrogen-bond acceptors (Lipinski definition) is 10. The Morgan fingerprint density at radius 2 is 1.95 bits per heavy atom. The number of phosphoric ester groups is 1. The molecule has 4 saturated carbocycles. The molecule has 7 fully saturated rings. The molecule has 3 aliphatic heterocycles. The lowest BCUT2D eigenvalue weighted by atomic mass is 9.52. The van der Waals surface area contributed by atoms with Crippen LogP contribution in [0, 0.1) is 16.7 Å². The summed E-state index contributed by atoms with van der Waals surface area (Å²) < 4.78 is 37.2. The molecule has 3 saturated heterocycles. The van der Waals surface area contributed by atoms with Gasteiger partial charge in [0.15, 0.2) is 23.1 Å². The molecule has 2 spiro atoms. The minimum absolute atomic E-state index is 0.0189. The minimum Gasteiger partial charge on any atom is -0.451 e. The van der Waals surface area contributed by atoms with Crippen LogP contribution in [0.2, 0.25) is 0 Å². The maximum atomic E-state index is 13.4. The second kappa shape index (κ2) is 6.32. The summed E-state index contributed by atoms with van der Waals surface area (Å²) in [7, 11) is -5.04. The van der Waals surface area contributed by atoms with Crippen LogP contribution in [-0.4, -0.2) is 82.3 Å². The number of aromatic amines is 1. The third-order valence-electron chi connectivity index (χ3n) is 11.4. The van der Waals surface area contributed by atoms with Gasteiger partial charge in [0.2, 0.25) is 0 Å². The van der Waals surface area contributed by atoms with Crippen LogP contribution in [0.25, 0.3) is 0 Å². The van der Waals surface area contributed by atoms with E-state index in [9.17, 15) is 34.7 Å². The first-order valence-corrected chi connectivity index (χ1v) is 14.2. The van der Waals surface area contributed by atoms with Crippen molar-refractivity contribution >= 4 is 13.8 Å². The lowest BCUT2D eigenvalue weighted by Gasteiger charge is -2.60. The topological polar surface area (TPSA) is 188 Å². The molecular weight excluding hydrogens is 521 g/mol. The van der Waals surface area contributed by atoms with Gasteiger partial charge in [-0.3, -0.25) is 9.05 Å². The first-order chi connectivity index (χ1) is 17.4. The van der Waals surface area contributed by atoms with Crippen LogP contribution in [0.3, 0.4) is 0 Å². The number of aliphatic hydroxyl groups is 4. The number of ether oxygens (including phenoxy) is 2. The zero-order chi connectivity index (χ0) is 27.7. The Bertz CT molecular complexity index is 1370. The van der Waals surface area contributed by atoms with Crippen LogP contribution in [0.15, 0.2) is 30.5 Å². The van der Waals surface area contributed by atoms with Gasteiger partial charge in [-0.05, 0) is 43.4 Å². The quantitative estimate of drug-likeness (QED) is 0.177. The van der Waals surface area contributed by atoms with Crippen LogP contribution in [0.1, 0.15) is 57.4 Å². The van der Waals surface area contributed by atoms with Gasteiger partial charge >= 0.3 is 13.8 Å². The van der Waals surface area contributed by atoms with Gasteiger partial charge in [0.05, 0.1) is 5.41 Å². The Morgan fingerprint density at radius 3 is 2.55 bits per heavy atom. The van der Waals surface area contributed by atoms with Gasteiger partial charge in [-0.15, -0.1) is 0 Å². The van der Waals surface area contributed by atoms with Crippen molar-refractivity contribution in [3.63, 3.8) is 0 Å². The van der Waals surface area contributed by atoms with Crippen molar-refractivity contribution < 1.29 is 53.2 Å². The maximum absolute atomic E-state index is 13.4. The summed E-state index contributed by atoms with van der Waals surface area (Å²) >= 11 is 0. The Hall–Kier alpha value is -1.60. The molecule has 38 heavy (non-hydrogen) atoms. The molecule has 12 nitrogen and oxygen atoms in total. The molecule has 1 aromatic rings. The molecule has 11 atom stereocenters. The molecule has 4 heterocycles. The van der Waals surface area contributed by atoms with Gasteiger partial charge in [0.1, 0.15) is 28.6 Å². The molecular formula is C25H32NO11P. The van der Waals surface area contributed by atoms with E-state index in [0.29, 0.717) is 5.57 Å². The summed E-state index contributed by atoms with van der Waals surface area (Å²) in [5, 5.41) is 50.7. The van der Waals surface area contributed by atoms with E-state index >= 15 is 0 Å². The summed E-state index contributed by atoms with van der Waals surface area (Å²) in [4.78, 5) is 27.0. The molecule has 6 N–H and O–H groups in total. The molecule has 0 amide bonds. The molecule has 13 heteroatoms. The average molecular weight is 554 g/mol. The second-order valence-electron chi connectivity index (χ2n) is 12.6. The fourth-order valence-corrected chi connectivity index (χ4v) is 11.3. The standard InChI is InChI=1S/C25H32NO11P/c1-12(2)22(30)17(34-16(27)14-7-6-10-26-14)23(31)18(4)11-21(29)19(22,5)25(23)24(36-21)15(35-38(32,33)37-25)13(3)8-9-20(18,24)28/h6-7,10,12,15,17,26,28-31H,3,8-9,11H2,1-2,4-5H3,(H,32,33)/t15-,17-,18+,19+,20+,21+,22-,23-,24-,25-/m1/s1. The van der Waals surface area contributed by atoms with E-state index < -0.39 is 83.0 Å². The monoisotopic (exact) mass is 553 g/mol. The van der Waals surface area contributed by atoms with E-state index in [1.54, 1.807) is 19.9 Å². The highest BCUT2D eigenvalue weighted by molar-refractivity contribution is 7.47. The third kappa shape index (κ3) is 1.89. The van der Waals surface area contributed by atoms with Crippen molar-refractivity contribution in [2.45, 2.75) is 93.0 Å². The Labute approximate surface area is 218 Å². The number of hydrogen-bond donors (Lipinski definition) is 6. The number of rotatable bonds is 3. The van der Waals surface area contributed by atoms with Crippen LogP contribution in [0.4, 0.5) is 0 Å². The number of aromatic nitrogens is 1. The van der Waals surface area contributed by atoms with E-state index in [2.05, 4.69) is 11.6 Å². The van der Waals surface area contributed by atoms with Crippen molar-refractivity contribution in [2.24, 2.45) is 16.7 Å². The summed E-state index contributed by atoms with van der Waals surface area (Å²) in [5.74, 6) is -4.05. The Morgan fingerprint density at radius 1 is 1.26 bits per heavy atom. The number of H-pyrrole nitrogens is 1. The smallest absolute Gasteiger partial charge is 0.451 e. The van der Waals surface area contributed by atoms with Crippen LogP contribution < -0.4 is 0 Å². The molecule has 4 aliphatic carbocycles. The fourth-order valence-electron chi connectivity index (χ4n) is 9.93. The maximum Gasteiger partial charge on any atom is 0.473 e. The average Bonchev–Trinajstić information content (AvgIpc) is 3.44. The van der Waals surface area contributed by atoms with Crippen molar-refractivity contribution in [1.82, 2.24) is 4.98 Å². The number of carbonyl (C=O) groups is 1. The number of carbonyl (C=O) groups excluding carboxylic acids is 1. The molecule has 1 unspecified atom stereocenters. The molecule has 6 bridgehead atoms. The third-order valence-corrected chi connectivity index (χ3v) is 12.4. The SMILES string of the molecule is C=C1CC[C@]2(O)[C@]3(C)C[C@]4(O)O[C@]25[C@@H]1OP(=O)(O)O[C@]51[C@@]3(O)[C@H](OC(=O)c2ccc[nH]2)[C@](O)(C(C)C)[C@@]14C. The highest BCUT2D eigenvalue weighted by Gasteiger charge is 3.12. The largest absolute Gasteiger partial charge is 0.473 e. The Balaban J connectivity index is 1.62. The Kier molecular flexibility index (Phi) is 4.22. The minimum atomic E-state index is -5.04. The van der Waals surface area contributed by atoms with Gasteiger partial charge in [0.25, 0.3) is 0 Å². The summed E-state index contributed by atoms with van der Waals surface area (Å²) in [6, 6.07) is 3.02. The van der Waals surface area contributed by atoms with Crippen molar-refractivity contribution in [2.75, 3.05) is 0 Å². The zero-order valence-corrected chi connectivity index (χ0v) is 22.3. The highest BCUT2D eigenvalue weighted by atomic mass is 31.2. The molecule has 0 aromatic carbocycles. The van der Waals surface area contributed by atoms with Gasteiger partial charge in [-0.1, -0.05) is 27.4 Å². The van der Waals surface area contributed by atoms with Gasteiger partial charge in [-0.2, -0.15) is 0 Å². The van der Waals surface area contributed by atoms with Crippen molar-refractivity contribution in [1.29, 1.82) is 0 Å². The highest BCUT2D eigenvalue weighted by Crippen LogP contribution is 2.94. The van der Waals surface area contributed by atoms with Crippen LogP contribution in [-0.2, 0) is 23.1 Å². The normalized spacial score (nSPS) is 59.5.